The molecule has 0 saturated carbocycles. The molecule has 4 aromatic heterocycles. The number of amides is 3. The van der Waals surface area contributed by atoms with Crippen molar-refractivity contribution in [3.8, 4) is 5.69 Å². The number of hydrogen-bond acceptors (Lipinski definition) is 9. The molecule has 6 aromatic rings. The minimum absolute atomic E-state index is 0.106. The van der Waals surface area contributed by atoms with Gasteiger partial charge in [-0.05, 0) is 62.2 Å². The first-order valence-electron chi connectivity index (χ1n) is 17.6. The monoisotopic (exact) mass is 737 g/mol. The first kappa shape index (κ1) is 34.8. The Morgan fingerprint density at radius 3 is 2.57 bits per heavy atom. The predicted molar refractivity (Wildman–Crippen MR) is 195 cm³/mol. The minimum atomic E-state index is -2.92. The van der Waals surface area contributed by atoms with E-state index in [1.807, 2.05) is 30.3 Å². The summed E-state index contributed by atoms with van der Waals surface area (Å²) < 4.78 is 33.9. The quantitative estimate of drug-likeness (QED) is 0.211. The zero-order chi connectivity index (χ0) is 37.7. The van der Waals surface area contributed by atoms with Crippen LogP contribution in [-0.2, 0) is 23.2 Å². The van der Waals surface area contributed by atoms with Crippen molar-refractivity contribution in [1.82, 2.24) is 43.7 Å². The zero-order valence-corrected chi connectivity index (χ0v) is 29.5. The molecule has 0 bridgehead atoms. The second-order valence-electron chi connectivity index (χ2n) is 13.7. The Morgan fingerprint density at radius 1 is 1.06 bits per heavy atom. The van der Waals surface area contributed by atoms with Crippen LogP contribution in [0.1, 0.15) is 59.8 Å². The first-order valence-corrected chi connectivity index (χ1v) is 17.6. The lowest BCUT2D eigenvalue weighted by atomic mass is 10.0. The molecular weight excluding hydrogens is 700 g/mol. The van der Waals surface area contributed by atoms with Gasteiger partial charge in [0.1, 0.15) is 11.6 Å². The summed E-state index contributed by atoms with van der Waals surface area (Å²) in [4.78, 5) is 59.6. The second-order valence-corrected chi connectivity index (χ2v) is 13.7. The molecule has 8 rings (SSSR count). The van der Waals surface area contributed by atoms with Gasteiger partial charge in [-0.1, -0.05) is 18.2 Å². The van der Waals surface area contributed by atoms with Crippen molar-refractivity contribution in [2.24, 2.45) is 7.05 Å². The van der Waals surface area contributed by atoms with Gasteiger partial charge >= 0.3 is 5.69 Å². The van der Waals surface area contributed by atoms with E-state index in [9.17, 15) is 28.0 Å². The summed E-state index contributed by atoms with van der Waals surface area (Å²) in [6, 6.07) is 14.4. The van der Waals surface area contributed by atoms with E-state index < -0.39 is 30.0 Å². The number of anilines is 2. The van der Waals surface area contributed by atoms with Crippen LogP contribution in [0.25, 0.3) is 22.4 Å². The molecule has 2 N–H and O–H groups in total. The van der Waals surface area contributed by atoms with Crippen molar-refractivity contribution in [3.05, 3.63) is 101 Å². The summed E-state index contributed by atoms with van der Waals surface area (Å²) in [7, 11) is 3.79. The average molecular weight is 738 g/mol. The number of nitrogens with zero attached hydrogens (tertiary/aromatic N) is 9. The summed E-state index contributed by atoms with van der Waals surface area (Å²) in [5.74, 6) is -1.41. The lowest BCUT2D eigenvalue weighted by molar-refractivity contribution is -0.135. The topological polar surface area (TPSA) is 157 Å². The standard InChI is InChI=1S/C37H37F2N11O4/c1-45(23-13-17-47(18-14-23)27-5-3-6-28-32(27)46(2)37(54)50(28)29-11-12-30(51)43-36(29)53)20-22-7-9-24(10-8-22)49-21-26(31(44-49)33(38)39)42-35(52)25-19-41-48-16-4-15-40-34(25)48/h3-10,15-16,19,21,23,29,33H,11-14,17-18,20H2,1-2H3,(H,42,52)(H,43,51,53). The maximum absolute atomic E-state index is 14.0. The number of fused-ring (bicyclic) bond motifs is 2. The third kappa shape index (κ3) is 6.29. The van der Waals surface area contributed by atoms with Gasteiger partial charge in [0.25, 0.3) is 12.3 Å². The number of piperidine rings is 2. The van der Waals surface area contributed by atoms with E-state index >= 15 is 0 Å². The predicted octanol–water partition coefficient (Wildman–Crippen LogP) is 3.84. The number of imidazole rings is 1. The van der Waals surface area contributed by atoms with Crippen LogP contribution in [0.2, 0.25) is 0 Å². The molecule has 0 radical (unpaired) electrons. The van der Waals surface area contributed by atoms with Crippen molar-refractivity contribution in [2.45, 2.75) is 50.7 Å². The fourth-order valence-electron chi connectivity index (χ4n) is 7.58. The number of halogens is 2. The summed E-state index contributed by atoms with van der Waals surface area (Å²) in [6.45, 7) is 2.20. The molecule has 0 spiro atoms. The molecule has 2 saturated heterocycles. The van der Waals surface area contributed by atoms with Crippen molar-refractivity contribution in [3.63, 3.8) is 0 Å². The van der Waals surface area contributed by atoms with Crippen LogP contribution >= 0.6 is 0 Å². The Morgan fingerprint density at radius 2 is 1.83 bits per heavy atom. The van der Waals surface area contributed by atoms with Gasteiger partial charge in [-0.2, -0.15) is 10.2 Å². The van der Waals surface area contributed by atoms with Gasteiger partial charge in [0.15, 0.2) is 11.3 Å². The number of aryl methyl sites for hydroxylation is 1. The van der Waals surface area contributed by atoms with Gasteiger partial charge in [0.2, 0.25) is 11.8 Å². The van der Waals surface area contributed by atoms with E-state index in [2.05, 4.69) is 42.7 Å². The highest BCUT2D eigenvalue weighted by Crippen LogP contribution is 2.32. The van der Waals surface area contributed by atoms with E-state index in [1.54, 1.807) is 36.0 Å². The molecule has 278 valence electrons. The number of carbonyl (C=O) groups excluding carboxylic acids is 3. The van der Waals surface area contributed by atoms with E-state index in [0.29, 0.717) is 29.4 Å². The number of hydrogen-bond donors (Lipinski definition) is 2. The number of carbonyl (C=O) groups is 3. The van der Waals surface area contributed by atoms with Gasteiger partial charge in [0.05, 0.1) is 40.5 Å². The molecule has 3 amide bonds. The van der Waals surface area contributed by atoms with Crippen molar-refractivity contribution < 1.29 is 23.2 Å². The first-order chi connectivity index (χ1) is 26.1. The highest BCUT2D eigenvalue weighted by molar-refractivity contribution is 6.08. The second kappa shape index (κ2) is 14.0. The number of rotatable bonds is 9. The van der Waals surface area contributed by atoms with E-state index in [1.165, 1.54) is 32.4 Å². The number of benzene rings is 2. The molecule has 2 aliphatic heterocycles. The Hall–Kier alpha value is -6.23. The van der Waals surface area contributed by atoms with Gasteiger partial charge in [-0.3, -0.25) is 33.7 Å². The largest absolute Gasteiger partial charge is 0.370 e. The van der Waals surface area contributed by atoms with E-state index in [4.69, 9.17) is 0 Å². The summed E-state index contributed by atoms with van der Waals surface area (Å²) in [5, 5.41) is 13.1. The minimum Gasteiger partial charge on any atom is -0.370 e. The molecule has 2 aromatic carbocycles. The van der Waals surface area contributed by atoms with E-state index in [0.717, 1.165) is 42.7 Å². The van der Waals surface area contributed by atoms with Crippen LogP contribution < -0.4 is 21.2 Å². The van der Waals surface area contributed by atoms with Crippen LogP contribution in [-0.4, -0.2) is 82.3 Å². The van der Waals surface area contributed by atoms with Gasteiger partial charge in [0, 0.05) is 51.5 Å². The van der Waals surface area contributed by atoms with Crippen LogP contribution in [0.5, 0.6) is 0 Å². The van der Waals surface area contributed by atoms with Gasteiger partial charge < -0.3 is 10.2 Å². The number of para-hydroxylation sites is 1. The van der Waals surface area contributed by atoms with Crippen LogP contribution in [0, 0.1) is 0 Å². The lowest BCUT2D eigenvalue weighted by Gasteiger charge is -2.38. The van der Waals surface area contributed by atoms with Crippen LogP contribution in [0.15, 0.2) is 78.1 Å². The molecule has 17 heteroatoms. The molecule has 54 heavy (non-hydrogen) atoms. The zero-order valence-electron chi connectivity index (χ0n) is 29.5. The molecular formula is C37H37F2N11O4. The molecule has 6 heterocycles. The fourth-order valence-corrected chi connectivity index (χ4v) is 7.58. The normalized spacial score (nSPS) is 16.9. The molecule has 0 aliphatic carbocycles. The fraction of sp³-hybridized carbons (Fsp3) is 0.324. The lowest BCUT2D eigenvalue weighted by Crippen LogP contribution is -2.44. The molecule has 1 atom stereocenters. The Kier molecular flexibility index (Phi) is 9.01. The maximum atomic E-state index is 14.0. The summed E-state index contributed by atoms with van der Waals surface area (Å²) in [5.41, 5.74) is 3.46. The van der Waals surface area contributed by atoms with Crippen molar-refractivity contribution >= 4 is 45.8 Å². The summed E-state index contributed by atoms with van der Waals surface area (Å²) in [6.07, 6.45) is 5.17. The van der Waals surface area contributed by atoms with Crippen molar-refractivity contribution in [1.29, 1.82) is 0 Å². The Labute approximate surface area is 306 Å². The Balaban J connectivity index is 0.920. The SMILES string of the molecule is CN(Cc1ccc(-n2cc(NC(=O)c3cnn4cccnc34)c(C(F)F)n2)cc1)C1CCN(c2cccc3c2n(C)c(=O)n3C2CCC(=O)NC2=O)CC1. The summed E-state index contributed by atoms with van der Waals surface area (Å²) >= 11 is 0. The molecule has 1 unspecified atom stereocenters. The van der Waals surface area contributed by atoms with Gasteiger partial charge in [-0.15, -0.1) is 0 Å². The molecule has 2 fully saturated rings. The Bertz CT molecular complexity index is 2460. The molecule has 15 nitrogen and oxygen atoms in total. The van der Waals surface area contributed by atoms with Crippen LogP contribution in [0.3, 0.4) is 0 Å². The number of nitrogens with one attached hydrogen (secondary N) is 2. The van der Waals surface area contributed by atoms with Crippen molar-refractivity contribution in [2.75, 3.05) is 30.4 Å². The molecule has 2 aliphatic rings. The average Bonchev–Trinajstić information content (AvgIpc) is 3.87. The highest BCUT2D eigenvalue weighted by Gasteiger charge is 2.33. The number of alkyl halides is 2. The van der Waals surface area contributed by atoms with E-state index in [-0.39, 0.29) is 35.7 Å². The van der Waals surface area contributed by atoms with Gasteiger partial charge in [-0.25, -0.2) is 27.8 Å². The number of imide groups is 1. The third-order valence-electron chi connectivity index (χ3n) is 10.4. The number of aromatic nitrogens is 7. The smallest absolute Gasteiger partial charge is 0.329 e. The maximum Gasteiger partial charge on any atom is 0.329 e. The third-order valence-corrected chi connectivity index (χ3v) is 10.4. The van der Waals surface area contributed by atoms with Crippen LogP contribution in [0.4, 0.5) is 20.2 Å². The highest BCUT2D eigenvalue weighted by atomic mass is 19.3.